The molecule has 0 aromatic carbocycles. The van der Waals surface area contributed by atoms with Crippen molar-refractivity contribution in [2.75, 3.05) is 0 Å². The van der Waals surface area contributed by atoms with E-state index in [0.717, 1.165) is 31.1 Å². The molecule has 0 spiro atoms. The molecule has 4 rings (SSSR count). The lowest BCUT2D eigenvalue weighted by Gasteiger charge is -2.40. The van der Waals surface area contributed by atoms with Gasteiger partial charge in [-0.1, -0.05) is 6.92 Å². The van der Waals surface area contributed by atoms with E-state index in [-0.39, 0.29) is 5.60 Å². The van der Waals surface area contributed by atoms with Crippen molar-refractivity contribution in [2.45, 2.75) is 44.6 Å². The first kappa shape index (κ1) is 6.47. The first-order valence-corrected chi connectivity index (χ1v) is 4.81. The molecule has 4 aliphatic carbocycles. The van der Waals surface area contributed by atoms with Crippen LogP contribution in [0.15, 0.2) is 0 Å². The second-order valence-corrected chi connectivity index (χ2v) is 5.55. The van der Waals surface area contributed by atoms with Crippen LogP contribution in [0.2, 0.25) is 0 Å². The van der Waals surface area contributed by atoms with Crippen LogP contribution in [-0.2, 0) is 0 Å². The fourth-order valence-corrected chi connectivity index (χ4v) is 4.30. The van der Waals surface area contributed by atoms with Gasteiger partial charge in [-0.05, 0) is 49.4 Å². The Balaban J connectivity index is 2.03. The molecule has 0 aromatic heterocycles. The van der Waals surface area contributed by atoms with Crippen LogP contribution in [0.1, 0.15) is 39.0 Å². The average molecular weight is 152 g/mol. The van der Waals surface area contributed by atoms with E-state index in [1.165, 1.54) is 12.8 Å². The normalized spacial score (nSPS) is 66.0. The molecule has 0 aliphatic heterocycles. The van der Waals surface area contributed by atoms with E-state index in [2.05, 4.69) is 6.92 Å². The van der Waals surface area contributed by atoms with Crippen molar-refractivity contribution in [2.24, 2.45) is 17.3 Å². The highest BCUT2D eigenvalue weighted by Crippen LogP contribution is 2.65. The van der Waals surface area contributed by atoms with Gasteiger partial charge in [0.2, 0.25) is 0 Å². The summed E-state index contributed by atoms with van der Waals surface area (Å²) in [6.07, 6.45) is 6.13. The number of hydrogen-bond acceptors (Lipinski definition) is 1. The van der Waals surface area contributed by atoms with Gasteiger partial charge in [0.25, 0.3) is 0 Å². The Morgan fingerprint density at radius 2 is 1.64 bits per heavy atom. The predicted molar refractivity (Wildman–Crippen MR) is 43.1 cm³/mol. The molecule has 0 radical (unpaired) electrons. The molecular weight excluding hydrogens is 136 g/mol. The molecule has 2 atom stereocenters. The zero-order valence-corrected chi connectivity index (χ0v) is 7.14. The minimum Gasteiger partial charge on any atom is -0.390 e. The van der Waals surface area contributed by atoms with E-state index < -0.39 is 0 Å². The summed E-state index contributed by atoms with van der Waals surface area (Å²) < 4.78 is 0. The fourth-order valence-electron chi connectivity index (χ4n) is 4.30. The Hall–Kier alpha value is -0.0400. The zero-order chi connectivity index (χ0) is 7.69. The third-order valence-electron chi connectivity index (χ3n) is 4.22. The van der Waals surface area contributed by atoms with Crippen LogP contribution in [0.5, 0.6) is 0 Å². The summed E-state index contributed by atoms with van der Waals surface area (Å²) >= 11 is 0. The van der Waals surface area contributed by atoms with Crippen molar-refractivity contribution in [1.82, 2.24) is 0 Å². The van der Waals surface area contributed by atoms with Gasteiger partial charge in [0.15, 0.2) is 0 Å². The molecule has 4 fully saturated rings. The maximum absolute atomic E-state index is 10.1. The van der Waals surface area contributed by atoms with Crippen LogP contribution in [-0.4, -0.2) is 10.7 Å². The Labute approximate surface area is 67.8 Å². The summed E-state index contributed by atoms with van der Waals surface area (Å²) in [6.45, 7) is 2.36. The van der Waals surface area contributed by atoms with Crippen LogP contribution < -0.4 is 0 Å². The SMILES string of the molecule is CC12CC3CC(O)(CC3C1)C2. The predicted octanol–water partition coefficient (Wildman–Crippen LogP) is 1.95. The molecule has 2 unspecified atom stereocenters. The quantitative estimate of drug-likeness (QED) is 0.562. The van der Waals surface area contributed by atoms with E-state index in [0.29, 0.717) is 5.41 Å². The molecule has 0 aromatic rings. The number of rotatable bonds is 0. The summed E-state index contributed by atoms with van der Waals surface area (Å²) in [5.74, 6) is 1.78. The van der Waals surface area contributed by atoms with Crippen LogP contribution >= 0.6 is 0 Å². The van der Waals surface area contributed by atoms with E-state index in [9.17, 15) is 5.11 Å². The van der Waals surface area contributed by atoms with Crippen molar-refractivity contribution in [1.29, 1.82) is 0 Å². The van der Waals surface area contributed by atoms with Gasteiger partial charge in [0, 0.05) is 0 Å². The number of aliphatic hydroxyl groups is 1. The van der Waals surface area contributed by atoms with Crippen LogP contribution in [0.4, 0.5) is 0 Å². The molecule has 1 nitrogen and oxygen atoms in total. The minimum atomic E-state index is -0.222. The van der Waals surface area contributed by atoms with Gasteiger partial charge in [-0.3, -0.25) is 0 Å². The first-order chi connectivity index (χ1) is 5.09. The summed E-state index contributed by atoms with van der Waals surface area (Å²) in [5, 5.41) is 10.1. The molecule has 11 heavy (non-hydrogen) atoms. The van der Waals surface area contributed by atoms with Crippen molar-refractivity contribution in [3.05, 3.63) is 0 Å². The lowest BCUT2D eigenvalue weighted by atomic mass is 9.69. The topological polar surface area (TPSA) is 20.2 Å². The molecule has 1 heteroatoms. The highest BCUT2D eigenvalue weighted by atomic mass is 16.3. The first-order valence-electron chi connectivity index (χ1n) is 4.81. The van der Waals surface area contributed by atoms with E-state index in [4.69, 9.17) is 0 Å². The summed E-state index contributed by atoms with van der Waals surface area (Å²) in [4.78, 5) is 0. The Kier molecular flexibility index (Phi) is 0.893. The van der Waals surface area contributed by atoms with Gasteiger partial charge in [0.1, 0.15) is 0 Å². The lowest BCUT2D eigenvalue weighted by molar-refractivity contribution is -0.0410. The van der Waals surface area contributed by atoms with Gasteiger partial charge >= 0.3 is 0 Å². The monoisotopic (exact) mass is 152 g/mol. The van der Waals surface area contributed by atoms with Crippen LogP contribution in [0.25, 0.3) is 0 Å². The minimum absolute atomic E-state index is 0.222. The largest absolute Gasteiger partial charge is 0.390 e. The van der Waals surface area contributed by atoms with Crippen molar-refractivity contribution in [3.63, 3.8) is 0 Å². The van der Waals surface area contributed by atoms with Crippen molar-refractivity contribution in [3.8, 4) is 0 Å². The molecule has 0 amide bonds. The summed E-state index contributed by atoms with van der Waals surface area (Å²) in [6, 6.07) is 0. The highest BCUT2D eigenvalue weighted by Gasteiger charge is 2.59. The lowest BCUT2D eigenvalue weighted by Crippen LogP contribution is -2.38. The molecule has 1 N–H and O–H groups in total. The molecule has 62 valence electrons. The van der Waals surface area contributed by atoms with Gasteiger partial charge < -0.3 is 5.11 Å². The van der Waals surface area contributed by atoms with Gasteiger partial charge in [-0.25, -0.2) is 0 Å². The fraction of sp³-hybridized carbons (Fsp3) is 1.00. The van der Waals surface area contributed by atoms with Gasteiger partial charge in [0.05, 0.1) is 5.60 Å². The molecular formula is C10H16O. The van der Waals surface area contributed by atoms with Crippen LogP contribution in [0, 0.1) is 17.3 Å². The molecule has 4 bridgehead atoms. The maximum Gasteiger partial charge on any atom is 0.0658 e. The second kappa shape index (κ2) is 1.52. The molecule has 0 saturated heterocycles. The Bertz CT molecular complexity index is 175. The second-order valence-electron chi connectivity index (χ2n) is 5.55. The molecule has 4 saturated carbocycles. The Morgan fingerprint density at radius 3 is 2.00 bits per heavy atom. The number of hydrogen-bond donors (Lipinski definition) is 1. The van der Waals surface area contributed by atoms with Crippen molar-refractivity contribution >= 4 is 0 Å². The zero-order valence-electron chi connectivity index (χ0n) is 7.14. The van der Waals surface area contributed by atoms with Gasteiger partial charge in [-0.2, -0.15) is 0 Å². The third kappa shape index (κ3) is 0.703. The Morgan fingerprint density at radius 1 is 1.09 bits per heavy atom. The van der Waals surface area contributed by atoms with E-state index in [1.807, 2.05) is 0 Å². The van der Waals surface area contributed by atoms with Gasteiger partial charge in [-0.15, -0.1) is 0 Å². The summed E-state index contributed by atoms with van der Waals surface area (Å²) in [7, 11) is 0. The average Bonchev–Trinajstić information content (AvgIpc) is 2.11. The van der Waals surface area contributed by atoms with Crippen molar-refractivity contribution < 1.29 is 5.11 Å². The maximum atomic E-state index is 10.1. The van der Waals surface area contributed by atoms with E-state index >= 15 is 0 Å². The molecule has 4 aliphatic rings. The highest BCUT2D eigenvalue weighted by molar-refractivity contribution is 5.11. The standard InChI is InChI=1S/C10H16O/c1-9-2-7-4-10(11,6-9)5-8(7)3-9/h7-8,11H,2-6H2,1H3. The van der Waals surface area contributed by atoms with Crippen LogP contribution in [0.3, 0.4) is 0 Å². The molecule has 0 heterocycles. The third-order valence-corrected chi connectivity index (χ3v) is 4.22. The smallest absolute Gasteiger partial charge is 0.0658 e. The summed E-state index contributed by atoms with van der Waals surface area (Å²) in [5.41, 5.74) is 0.307. The van der Waals surface area contributed by atoms with E-state index in [1.54, 1.807) is 0 Å².